The van der Waals surface area contributed by atoms with Crippen LogP contribution in [0.1, 0.15) is 0 Å². The number of rotatable bonds is 0. The summed E-state index contributed by atoms with van der Waals surface area (Å²) < 4.78 is 0. The standard InChI is InChI=1S/CH2O.7ClH.Re/c1-2;;;;;;;;/h1H2;7*1H;/p-7. The Bertz CT molecular complexity index is 13.6. The number of carbonyl (C=O) groups excluding carboxylic acids is 1. The maximum absolute atomic E-state index is 8.00. The minimum atomic E-state index is 0. The Labute approximate surface area is 118 Å². The van der Waals surface area contributed by atoms with Crippen molar-refractivity contribution in [3.63, 3.8) is 0 Å². The fourth-order valence-corrected chi connectivity index (χ4v) is 0. The Kier molecular flexibility index (Phi) is 3090. The van der Waals surface area contributed by atoms with Gasteiger partial charge in [0.2, 0.25) is 0 Å². The first-order valence-corrected chi connectivity index (χ1v) is 0.289. The van der Waals surface area contributed by atoms with Crippen LogP contribution in [0.3, 0.4) is 0 Å². The van der Waals surface area contributed by atoms with E-state index in [2.05, 4.69) is 0 Å². The zero-order chi connectivity index (χ0) is 2.00. The van der Waals surface area contributed by atoms with Gasteiger partial charge in [-0.05, 0) is 0 Å². The van der Waals surface area contributed by atoms with Crippen molar-refractivity contribution in [1.82, 2.24) is 0 Å². The van der Waals surface area contributed by atoms with Gasteiger partial charge in [0.15, 0.2) is 0 Å². The van der Waals surface area contributed by atoms with E-state index in [9.17, 15) is 0 Å². The quantitative estimate of drug-likeness (QED) is 0.348. The fraction of sp³-hybridized carbons (Fsp3) is 0. The van der Waals surface area contributed by atoms with Gasteiger partial charge in [-0.3, -0.25) is 0 Å². The smallest absolute Gasteiger partial charge is 0.106 e. The molecule has 0 spiro atoms. The molecule has 0 aliphatic carbocycles. The van der Waals surface area contributed by atoms with Gasteiger partial charge in [-0.15, -0.1) is 0 Å². The van der Waals surface area contributed by atoms with Crippen LogP contribution in [0.15, 0.2) is 0 Å². The molecule has 0 amide bonds. The summed E-state index contributed by atoms with van der Waals surface area (Å²) in [5, 5.41) is 0. The van der Waals surface area contributed by atoms with Gasteiger partial charge >= 0.3 is 0 Å². The van der Waals surface area contributed by atoms with Crippen molar-refractivity contribution in [3.8, 4) is 0 Å². The summed E-state index contributed by atoms with van der Waals surface area (Å²) in [5.74, 6) is 0. The van der Waals surface area contributed by atoms with E-state index < -0.39 is 0 Å². The number of hydrogen-bond donors (Lipinski definition) is 0. The molecule has 75 valence electrons. The molecule has 0 aromatic heterocycles. The molecule has 0 fully saturated rings. The van der Waals surface area contributed by atoms with Crippen molar-refractivity contribution in [1.29, 1.82) is 0 Å². The number of hydrogen-bond acceptors (Lipinski definition) is 1. The van der Waals surface area contributed by atoms with Gasteiger partial charge in [-0.25, -0.2) is 0 Å². The molecule has 0 bridgehead atoms. The van der Waals surface area contributed by atoms with Gasteiger partial charge in [-0.1, -0.05) is 0 Å². The summed E-state index contributed by atoms with van der Waals surface area (Å²) in [6.45, 7) is 2.00. The maximum atomic E-state index is 8.00. The van der Waals surface area contributed by atoms with Gasteiger partial charge in [0, 0.05) is 20.4 Å². The number of carbonyl (C=O) groups is 1. The van der Waals surface area contributed by atoms with Crippen LogP contribution in [0, 0.1) is 0 Å². The third-order valence-electron chi connectivity index (χ3n) is 0. The van der Waals surface area contributed by atoms with Crippen molar-refractivity contribution in [2.45, 2.75) is 0 Å². The average Bonchev–Trinajstić information content (AvgIpc) is 1.00. The van der Waals surface area contributed by atoms with Crippen LogP contribution in [0.5, 0.6) is 0 Å². The van der Waals surface area contributed by atoms with Gasteiger partial charge in [0.1, 0.15) is 6.79 Å². The van der Waals surface area contributed by atoms with Gasteiger partial charge in [-0.2, -0.15) is 0 Å². The SMILES string of the molecule is C=O.[Cl-].[Cl-].[Cl-].[Cl-].[Cl-].[Cl-].[Cl-].[Re]. The van der Waals surface area contributed by atoms with Crippen LogP contribution in [-0.2, 0) is 25.2 Å². The molecule has 0 saturated carbocycles. The Morgan fingerprint density at radius 2 is 0.500 bits per heavy atom. The molecule has 0 atom stereocenters. The zero-order valence-electron chi connectivity index (χ0n) is 4.14. The van der Waals surface area contributed by atoms with Crippen molar-refractivity contribution < 1.29 is 112 Å². The first-order chi connectivity index (χ1) is 1.00. The van der Waals surface area contributed by atoms with E-state index in [1.165, 1.54) is 0 Å². The second-order valence-electron chi connectivity index (χ2n) is 0. The molecule has 1 nitrogen and oxygen atoms in total. The first-order valence-electron chi connectivity index (χ1n) is 0.289. The molecule has 10 heavy (non-hydrogen) atoms. The topological polar surface area (TPSA) is 17.1 Å². The summed E-state index contributed by atoms with van der Waals surface area (Å²) in [6, 6.07) is 0. The molecule has 0 aromatic carbocycles. The van der Waals surface area contributed by atoms with Gasteiger partial charge in [0.05, 0.1) is 0 Å². The predicted octanol–water partition coefficient (Wildman–Crippen LogP) is -21.2. The minimum absolute atomic E-state index is 0. The molecule has 9 heteroatoms. The Morgan fingerprint density at radius 1 is 0.500 bits per heavy atom. The van der Waals surface area contributed by atoms with E-state index >= 15 is 0 Å². The molecule has 0 N–H and O–H groups in total. The van der Waals surface area contributed by atoms with Crippen LogP contribution < -0.4 is 86.8 Å². The van der Waals surface area contributed by atoms with E-state index in [1.807, 2.05) is 6.79 Å². The zero-order valence-corrected chi connectivity index (χ0v) is 12.1. The maximum Gasteiger partial charge on any atom is 0.106 e. The monoisotopic (exact) mass is 462 g/mol. The molecule has 1 radical (unpaired) electrons. The molecule has 0 heterocycles. The van der Waals surface area contributed by atoms with Crippen LogP contribution in [0.25, 0.3) is 0 Å². The third-order valence-corrected chi connectivity index (χ3v) is 0. The number of halogens is 7. The summed E-state index contributed by atoms with van der Waals surface area (Å²) in [5.41, 5.74) is 0. The normalized spacial score (nSPS) is 0.400. The van der Waals surface area contributed by atoms with Crippen molar-refractivity contribution in [3.05, 3.63) is 0 Å². The summed E-state index contributed by atoms with van der Waals surface area (Å²) in [6.07, 6.45) is 0. The minimum Gasteiger partial charge on any atom is -1.00 e. The summed E-state index contributed by atoms with van der Waals surface area (Å²) in [7, 11) is 0. The second-order valence-corrected chi connectivity index (χ2v) is 0. The molecular formula is CH2Cl7ORe-7. The van der Waals surface area contributed by atoms with E-state index in [0.717, 1.165) is 0 Å². The molecule has 0 aliphatic rings. The van der Waals surface area contributed by atoms with Crippen LogP contribution in [0.2, 0.25) is 0 Å². The van der Waals surface area contributed by atoms with Crippen LogP contribution >= 0.6 is 0 Å². The largest absolute Gasteiger partial charge is 1.00 e. The summed E-state index contributed by atoms with van der Waals surface area (Å²) >= 11 is 0. The first kappa shape index (κ1) is 141. The van der Waals surface area contributed by atoms with Gasteiger partial charge in [0.25, 0.3) is 0 Å². The van der Waals surface area contributed by atoms with E-state index in [-0.39, 0.29) is 107 Å². The molecule has 0 aromatic rings. The molecule has 0 aliphatic heterocycles. The van der Waals surface area contributed by atoms with Gasteiger partial charge < -0.3 is 91.6 Å². The van der Waals surface area contributed by atoms with E-state index in [1.54, 1.807) is 0 Å². The molecule has 0 saturated heterocycles. The van der Waals surface area contributed by atoms with Crippen molar-refractivity contribution >= 4 is 6.79 Å². The third kappa shape index (κ3) is 163. The van der Waals surface area contributed by atoms with Crippen molar-refractivity contribution in [2.24, 2.45) is 0 Å². The van der Waals surface area contributed by atoms with Crippen LogP contribution in [0.4, 0.5) is 0 Å². The Morgan fingerprint density at radius 3 is 0.500 bits per heavy atom. The second kappa shape index (κ2) is 219. The fourth-order valence-electron chi connectivity index (χ4n) is 0. The molecule has 0 unspecified atom stereocenters. The Balaban J connectivity index is -0.000000000179. The molecule has 0 rings (SSSR count). The van der Waals surface area contributed by atoms with Crippen molar-refractivity contribution in [2.75, 3.05) is 0 Å². The predicted molar refractivity (Wildman–Crippen MR) is 7.12 cm³/mol. The van der Waals surface area contributed by atoms with E-state index in [4.69, 9.17) is 4.79 Å². The van der Waals surface area contributed by atoms with E-state index in [0.29, 0.717) is 0 Å². The van der Waals surface area contributed by atoms with Crippen LogP contribution in [-0.4, -0.2) is 6.79 Å². The summed E-state index contributed by atoms with van der Waals surface area (Å²) in [4.78, 5) is 8.00. The molecular weight excluding hydrogens is 462 g/mol. The average molecular weight is 464 g/mol. The Hall–Kier alpha value is 2.36.